The maximum atomic E-state index is 10.2. The second kappa shape index (κ2) is 2.71. The van der Waals surface area contributed by atoms with Crippen LogP contribution in [0.4, 0.5) is 0 Å². The summed E-state index contributed by atoms with van der Waals surface area (Å²) in [7, 11) is 0. The Morgan fingerprint density at radius 1 is 1.21 bits per heavy atom. The Kier molecular flexibility index (Phi) is 1.77. The van der Waals surface area contributed by atoms with Crippen LogP contribution in [-0.4, -0.2) is 29.7 Å². The fourth-order valence-corrected chi connectivity index (χ4v) is 3.55. The fraction of sp³-hybridized carbons (Fsp3) is 1.00. The van der Waals surface area contributed by atoms with Gasteiger partial charge in [0.1, 0.15) is 0 Å². The molecule has 1 saturated heterocycles. The average molecular weight is 198 g/mol. The number of hydrogen-bond donors (Lipinski definition) is 1. The summed E-state index contributed by atoms with van der Waals surface area (Å²) in [5.41, 5.74) is -0.483. The number of rotatable bonds is 0. The fourth-order valence-electron chi connectivity index (χ4n) is 3.55. The van der Waals surface area contributed by atoms with E-state index in [0.717, 1.165) is 38.9 Å². The highest BCUT2D eigenvalue weighted by Gasteiger charge is 2.57. The van der Waals surface area contributed by atoms with E-state index in [9.17, 15) is 5.11 Å². The van der Waals surface area contributed by atoms with Gasteiger partial charge in [-0.1, -0.05) is 0 Å². The van der Waals surface area contributed by atoms with Crippen LogP contribution in [0.25, 0.3) is 0 Å². The Labute approximate surface area is 84.4 Å². The van der Waals surface area contributed by atoms with Crippen LogP contribution in [0, 0.1) is 11.8 Å². The van der Waals surface area contributed by atoms with Crippen LogP contribution in [0.2, 0.25) is 0 Å². The summed E-state index contributed by atoms with van der Waals surface area (Å²) in [5.74, 6) is 0.684. The minimum absolute atomic E-state index is 0.320. The van der Waals surface area contributed by atoms with E-state index in [1.54, 1.807) is 0 Å². The molecule has 3 unspecified atom stereocenters. The van der Waals surface area contributed by atoms with Crippen molar-refractivity contribution < 1.29 is 14.6 Å². The van der Waals surface area contributed by atoms with E-state index >= 15 is 0 Å². The molecule has 2 saturated carbocycles. The van der Waals surface area contributed by atoms with Crippen molar-refractivity contribution in [2.75, 3.05) is 13.2 Å². The molecule has 3 nitrogen and oxygen atoms in total. The second-order valence-electron chi connectivity index (χ2n) is 5.28. The zero-order valence-electron chi connectivity index (χ0n) is 8.66. The average Bonchev–Trinajstić information content (AvgIpc) is 2.77. The summed E-state index contributed by atoms with van der Waals surface area (Å²) in [6.07, 6.45) is 3.96. The molecule has 1 heterocycles. The van der Waals surface area contributed by atoms with E-state index in [0.29, 0.717) is 11.8 Å². The molecule has 0 aromatic rings. The van der Waals surface area contributed by atoms with Crippen molar-refractivity contribution in [1.82, 2.24) is 0 Å². The third kappa shape index (κ3) is 1.16. The van der Waals surface area contributed by atoms with E-state index in [2.05, 4.69) is 0 Å². The molecular weight excluding hydrogens is 180 g/mol. The summed E-state index contributed by atoms with van der Waals surface area (Å²) in [6, 6.07) is 0. The molecule has 0 aromatic carbocycles. The first-order chi connectivity index (χ1) is 6.61. The van der Waals surface area contributed by atoms with Gasteiger partial charge in [0.25, 0.3) is 0 Å². The third-order valence-corrected chi connectivity index (χ3v) is 4.31. The van der Waals surface area contributed by atoms with Gasteiger partial charge in [-0.05, 0) is 31.6 Å². The van der Waals surface area contributed by atoms with Gasteiger partial charge >= 0.3 is 0 Å². The molecule has 3 fully saturated rings. The molecule has 1 N–H and O–H groups in total. The molecule has 0 aromatic heterocycles. The number of fused-ring (bicyclic) bond motifs is 1. The number of ether oxygens (including phenoxy) is 2. The molecule has 1 spiro atoms. The van der Waals surface area contributed by atoms with E-state index < -0.39 is 5.60 Å². The zero-order valence-corrected chi connectivity index (χ0v) is 8.66. The maximum Gasteiger partial charge on any atom is 0.169 e. The highest BCUT2D eigenvalue weighted by atomic mass is 16.7. The van der Waals surface area contributed by atoms with Crippen molar-refractivity contribution in [2.45, 2.75) is 44.0 Å². The molecule has 14 heavy (non-hydrogen) atoms. The SMILES string of the molecule is CC1(O)CCC2CC3(CC21)OCCO3. The van der Waals surface area contributed by atoms with Gasteiger partial charge in [-0.3, -0.25) is 0 Å². The molecular formula is C11H18O3. The molecule has 0 amide bonds. The largest absolute Gasteiger partial charge is 0.390 e. The van der Waals surface area contributed by atoms with Crippen molar-refractivity contribution in [3.8, 4) is 0 Å². The molecule has 3 rings (SSSR count). The van der Waals surface area contributed by atoms with Crippen molar-refractivity contribution in [3.05, 3.63) is 0 Å². The van der Waals surface area contributed by atoms with Crippen LogP contribution in [0.15, 0.2) is 0 Å². The van der Waals surface area contributed by atoms with E-state index in [1.165, 1.54) is 0 Å². The zero-order chi connectivity index (χ0) is 9.81. The quantitative estimate of drug-likeness (QED) is 0.637. The first-order valence-corrected chi connectivity index (χ1v) is 5.62. The van der Waals surface area contributed by atoms with Crippen LogP contribution < -0.4 is 0 Å². The highest BCUT2D eigenvalue weighted by molar-refractivity contribution is 5.03. The van der Waals surface area contributed by atoms with Crippen molar-refractivity contribution in [1.29, 1.82) is 0 Å². The Morgan fingerprint density at radius 2 is 1.93 bits per heavy atom. The van der Waals surface area contributed by atoms with Gasteiger partial charge in [-0.25, -0.2) is 0 Å². The molecule has 3 heteroatoms. The summed E-state index contributed by atoms with van der Waals surface area (Å²) in [6.45, 7) is 3.41. The lowest BCUT2D eigenvalue weighted by Gasteiger charge is -2.27. The van der Waals surface area contributed by atoms with Crippen LogP contribution in [0.3, 0.4) is 0 Å². The predicted molar refractivity (Wildman–Crippen MR) is 50.7 cm³/mol. The lowest BCUT2D eigenvalue weighted by molar-refractivity contribution is -0.160. The van der Waals surface area contributed by atoms with Crippen molar-refractivity contribution >= 4 is 0 Å². The summed E-state index contributed by atoms with van der Waals surface area (Å²) in [5, 5.41) is 10.2. The first-order valence-electron chi connectivity index (χ1n) is 5.62. The second-order valence-corrected chi connectivity index (χ2v) is 5.28. The van der Waals surface area contributed by atoms with Crippen LogP contribution >= 0.6 is 0 Å². The van der Waals surface area contributed by atoms with E-state index in [-0.39, 0.29) is 5.79 Å². The summed E-state index contributed by atoms with van der Waals surface area (Å²) < 4.78 is 11.4. The maximum absolute atomic E-state index is 10.2. The van der Waals surface area contributed by atoms with Crippen molar-refractivity contribution in [3.63, 3.8) is 0 Å². The first kappa shape index (κ1) is 9.13. The molecule has 0 radical (unpaired) electrons. The molecule has 80 valence electrons. The monoisotopic (exact) mass is 198 g/mol. The standard InChI is InChI=1S/C11H18O3/c1-10(12)3-2-8-6-11(7-9(8)10)13-4-5-14-11/h8-9,12H,2-7H2,1H3. The molecule has 0 bridgehead atoms. The van der Waals surface area contributed by atoms with Crippen molar-refractivity contribution in [2.24, 2.45) is 11.8 Å². The summed E-state index contributed by atoms with van der Waals surface area (Å²) in [4.78, 5) is 0. The van der Waals surface area contributed by atoms with Gasteiger partial charge < -0.3 is 14.6 Å². The minimum Gasteiger partial charge on any atom is -0.390 e. The lowest BCUT2D eigenvalue weighted by atomic mass is 9.89. The van der Waals surface area contributed by atoms with E-state index in [1.807, 2.05) is 6.92 Å². The van der Waals surface area contributed by atoms with Gasteiger partial charge in [0.2, 0.25) is 0 Å². The van der Waals surface area contributed by atoms with Crippen LogP contribution in [-0.2, 0) is 9.47 Å². The van der Waals surface area contributed by atoms with Gasteiger partial charge in [-0.2, -0.15) is 0 Å². The van der Waals surface area contributed by atoms with Gasteiger partial charge in [0.05, 0.1) is 18.8 Å². The molecule has 3 aliphatic rings. The van der Waals surface area contributed by atoms with Gasteiger partial charge in [0.15, 0.2) is 5.79 Å². The number of aliphatic hydroxyl groups is 1. The number of hydrogen-bond acceptors (Lipinski definition) is 3. The predicted octanol–water partition coefficient (Wildman–Crippen LogP) is 1.30. The normalized spacial score (nSPS) is 50.1. The Bertz CT molecular complexity index is 243. The highest BCUT2D eigenvalue weighted by Crippen LogP contribution is 2.55. The van der Waals surface area contributed by atoms with Crippen LogP contribution in [0.5, 0.6) is 0 Å². The smallest absolute Gasteiger partial charge is 0.169 e. The molecule has 1 aliphatic heterocycles. The third-order valence-electron chi connectivity index (χ3n) is 4.31. The Morgan fingerprint density at radius 3 is 2.57 bits per heavy atom. The Hall–Kier alpha value is -0.120. The van der Waals surface area contributed by atoms with Gasteiger partial charge in [-0.15, -0.1) is 0 Å². The topological polar surface area (TPSA) is 38.7 Å². The minimum atomic E-state index is -0.483. The lowest BCUT2D eigenvalue weighted by Crippen LogP contribution is -2.33. The van der Waals surface area contributed by atoms with Crippen LogP contribution in [0.1, 0.15) is 32.6 Å². The summed E-state index contributed by atoms with van der Waals surface area (Å²) >= 11 is 0. The van der Waals surface area contributed by atoms with Gasteiger partial charge in [0, 0.05) is 12.8 Å². The molecule has 3 atom stereocenters. The Balaban J connectivity index is 1.81. The molecule has 2 aliphatic carbocycles. The van der Waals surface area contributed by atoms with E-state index in [4.69, 9.17) is 9.47 Å².